The van der Waals surface area contributed by atoms with E-state index in [2.05, 4.69) is 20.9 Å². The minimum atomic E-state index is -0.807. The Hall–Kier alpha value is -3.84. The number of nitrogens with zero attached hydrogens (tertiary/aromatic N) is 1. The average Bonchev–Trinajstić information content (AvgIpc) is 3.37. The number of ketones is 1. The second-order valence-corrected chi connectivity index (χ2v) is 9.00. The standard InChI is InChI=1S/C27H21BrN2O4/c1-15-6-5-7-17(12-15)30-24(19-14-29-21-9-4-3-8-18(19)21)23(26(32)27(30)33)25(31)16-10-11-22(34-2)20(28)13-16/h3-14,24,29,31H,1-2H3/b25-23+. The van der Waals surface area contributed by atoms with E-state index in [0.29, 0.717) is 21.5 Å². The van der Waals surface area contributed by atoms with Crippen LogP contribution in [0.3, 0.4) is 0 Å². The van der Waals surface area contributed by atoms with E-state index in [1.807, 2.05) is 49.4 Å². The van der Waals surface area contributed by atoms with Gasteiger partial charge in [0.25, 0.3) is 11.7 Å². The van der Waals surface area contributed by atoms with Gasteiger partial charge in [-0.25, -0.2) is 0 Å². The summed E-state index contributed by atoms with van der Waals surface area (Å²) in [5.74, 6) is -1.08. The van der Waals surface area contributed by atoms with Crippen molar-refractivity contribution in [1.29, 1.82) is 0 Å². The number of aromatic nitrogens is 1. The molecule has 2 N–H and O–H groups in total. The van der Waals surface area contributed by atoms with E-state index in [4.69, 9.17) is 4.74 Å². The predicted molar refractivity (Wildman–Crippen MR) is 135 cm³/mol. The number of nitrogens with one attached hydrogen (secondary N) is 1. The summed E-state index contributed by atoms with van der Waals surface area (Å²) in [4.78, 5) is 31.4. The SMILES string of the molecule is COc1ccc(/C(O)=C2\C(=O)C(=O)N(c3cccc(C)c3)C2c2c[nH]c3ccccc23)cc1Br. The topological polar surface area (TPSA) is 82.6 Å². The van der Waals surface area contributed by atoms with Crippen molar-refractivity contribution < 1.29 is 19.4 Å². The first-order valence-corrected chi connectivity index (χ1v) is 11.5. The molecule has 1 fully saturated rings. The maximum Gasteiger partial charge on any atom is 0.300 e. The summed E-state index contributed by atoms with van der Waals surface area (Å²) >= 11 is 3.43. The zero-order valence-electron chi connectivity index (χ0n) is 18.5. The number of hydrogen-bond acceptors (Lipinski definition) is 4. The van der Waals surface area contributed by atoms with Gasteiger partial charge in [-0.15, -0.1) is 0 Å². The Morgan fingerprint density at radius 1 is 1.06 bits per heavy atom. The molecular formula is C27H21BrN2O4. The number of fused-ring (bicyclic) bond motifs is 1. The molecule has 0 aliphatic carbocycles. The fraction of sp³-hybridized carbons (Fsp3) is 0.111. The molecule has 1 aliphatic rings. The summed E-state index contributed by atoms with van der Waals surface area (Å²) in [6.07, 6.45) is 1.79. The van der Waals surface area contributed by atoms with Gasteiger partial charge in [0.1, 0.15) is 11.5 Å². The van der Waals surface area contributed by atoms with Gasteiger partial charge in [-0.05, 0) is 64.8 Å². The number of para-hydroxylation sites is 1. The first-order chi connectivity index (χ1) is 16.4. The summed E-state index contributed by atoms with van der Waals surface area (Å²) in [6, 6.07) is 19.3. The second-order valence-electron chi connectivity index (χ2n) is 8.15. The number of carbonyl (C=O) groups excluding carboxylic acids is 2. The predicted octanol–water partition coefficient (Wildman–Crippen LogP) is 5.87. The van der Waals surface area contributed by atoms with Crippen molar-refractivity contribution in [3.63, 3.8) is 0 Å². The van der Waals surface area contributed by atoms with E-state index >= 15 is 0 Å². The monoisotopic (exact) mass is 516 g/mol. The van der Waals surface area contributed by atoms with Gasteiger partial charge in [-0.1, -0.05) is 30.3 Å². The van der Waals surface area contributed by atoms with Crippen LogP contribution in [0.4, 0.5) is 5.69 Å². The molecule has 7 heteroatoms. The third-order valence-corrected chi connectivity index (χ3v) is 6.69. The molecule has 1 aromatic heterocycles. The van der Waals surface area contributed by atoms with Gasteiger partial charge in [0.2, 0.25) is 0 Å². The van der Waals surface area contributed by atoms with Crippen molar-refractivity contribution in [3.8, 4) is 5.75 Å². The third kappa shape index (κ3) is 3.49. The number of benzene rings is 3. The van der Waals surface area contributed by atoms with Crippen LogP contribution in [0.2, 0.25) is 0 Å². The number of aromatic amines is 1. The number of H-pyrrole nitrogens is 1. The number of aliphatic hydroxyl groups excluding tert-OH is 1. The molecule has 2 heterocycles. The fourth-order valence-electron chi connectivity index (χ4n) is 4.46. The maximum atomic E-state index is 13.4. The Kier molecular flexibility index (Phi) is 5.49. The lowest BCUT2D eigenvalue weighted by molar-refractivity contribution is -0.132. The molecule has 0 radical (unpaired) electrons. The van der Waals surface area contributed by atoms with Gasteiger partial charge >= 0.3 is 0 Å². The molecule has 1 amide bonds. The summed E-state index contributed by atoms with van der Waals surface area (Å²) in [5.41, 5.74) is 3.58. The molecule has 5 rings (SSSR count). The van der Waals surface area contributed by atoms with Gasteiger partial charge in [-0.2, -0.15) is 0 Å². The van der Waals surface area contributed by atoms with Crippen LogP contribution in [0, 0.1) is 6.92 Å². The number of rotatable bonds is 4. The van der Waals surface area contributed by atoms with Crippen LogP contribution in [-0.2, 0) is 9.59 Å². The van der Waals surface area contributed by atoms with Crippen molar-refractivity contribution >= 4 is 50.0 Å². The molecule has 170 valence electrons. The van der Waals surface area contributed by atoms with Gasteiger partial charge in [0, 0.05) is 33.9 Å². The number of ether oxygens (including phenoxy) is 1. The molecule has 0 bridgehead atoms. The highest BCUT2D eigenvalue weighted by atomic mass is 79.9. The van der Waals surface area contributed by atoms with Crippen molar-refractivity contribution in [2.45, 2.75) is 13.0 Å². The largest absolute Gasteiger partial charge is 0.507 e. The van der Waals surface area contributed by atoms with Crippen molar-refractivity contribution in [2.24, 2.45) is 0 Å². The molecule has 0 saturated carbocycles. The summed E-state index contributed by atoms with van der Waals surface area (Å²) < 4.78 is 5.90. The van der Waals surface area contributed by atoms with E-state index in [1.54, 1.807) is 37.6 Å². The lowest BCUT2D eigenvalue weighted by Crippen LogP contribution is -2.29. The lowest BCUT2D eigenvalue weighted by Gasteiger charge is -2.25. The number of Topliss-reactive ketones (excluding diaryl/α,β-unsaturated/α-hetero) is 1. The molecule has 1 saturated heterocycles. The number of halogens is 1. The molecule has 1 atom stereocenters. The quantitative estimate of drug-likeness (QED) is 0.202. The molecule has 6 nitrogen and oxygen atoms in total. The molecule has 34 heavy (non-hydrogen) atoms. The van der Waals surface area contributed by atoms with Crippen LogP contribution in [0.1, 0.15) is 22.7 Å². The number of amides is 1. The summed E-state index contributed by atoms with van der Waals surface area (Å²) in [7, 11) is 1.55. The number of methoxy groups -OCH3 is 1. The van der Waals surface area contributed by atoms with E-state index < -0.39 is 17.7 Å². The lowest BCUT2D eigenvalue weighted by atomic mass is 9.94. The Balaban J connectivity index is 1.77. The molecule has 1 unspecified atom stereocenters. The molecular weight excluding hydrogens is 496 g/mol. The van der Waals surface area contributed by atoms with Crippen LogP contribution in [-0.4, -0.2) is 28.9 Å². The average molecular weight is 517 g/mol. The Labute approximate surface area is 204 Å². The van der Waals surface area contributed by atoms with Gasteiger partial charge in [0.15, 0.2) is 0 Å². The van der Waals surface area contributed by atoms with E-state index in [0.717, 1.165) is 22.0 Å². The van der Waals surface area contributed by atoms with Gasteiger partial charge in [-0.3, -0.25) is 14.5 Å². The molecule has 1 aliphatic heterocycles. The summed E-state index contributed by atoms with van der Waals surface area (Å²) in [6.45, 7) is 1.93. The highest BCUT2D eigenvalue weighted by Crippen LogP contribution is 2.44. The third-order valence-electron chi connectivity index (χ3n) is 6.07. The Morgan fingerprint density at radius 2 is 1.85 bits per heavy atom. The second kappa shape index (κ2) is 8.50. The Morgan fingerprint density at radius 3 is 2.59 bits per heavy atom. The number of aliphatic hydroxyl groups is 1. The van der Waals surface area contributed by atoms with E-state index in [-0.39, 0.29) is 11.3 Å². The van der Waals surface area contributed by atoms with E-state index in [9.17, 15) is 14.7 Å². The van der Waals surface area contributed by atoms with Gasteiger partial charge in [0.05, 0.1) is 23.2 Å². The normalized spacial score (nSPS) is 17.5. The molecule has 4 aromatic rings. The zero-order chi connectivity index (χ0) is 24.0. The van der Waals surface area contributed by atoms with Crippen LogP contribution in [0.5, 0.6) is 5.75 Å². The Bertz CT molecular complexity index is 1490. The van der Waals surface area contributed by atoms with Gasteiger partial charge < -0.3 is 14.8 Å². The first-order valence-electron chi connectivity index (χ1n) is 10.7. The smallest absolute Gasteiger partial charge is 0.300 e. The van der Waals surface area contributed by atoms with Crippen LogP contribution in [0.15, 0.2) is 83.0 Å². The maximum absolute atomic E-state index is 13.4. The van der Waals surface area contributed by atoms with Crippen molar-refractivity contribution in [1.82, 2.24) is 4.98 Å². The van der Waals surface area contributed by atoms with E-state index in [1.165, 1.54) is 4.90 Å². The van der Waals surface area contributed by atoms with Crippen LogP contribution in [0.25, 0.3) is 16.7 Å². The zero-order valence-corrected chi connectivity index (χ0v) is 20.1. The number of aryl methyl sites for hydroxylation is 1. The number of anilines is 1. The fourth-order valence-corrected chi connectivity index (χ4v) is 5.00. The molecule has 0 spiro atoms. The highest BCUT2D eigenvalue weighted by Gasteiger charge is 2.47. The number of hydrogen-bond donors (Lipinski definition) is 2. The first kappa shape index (κ1) is 22.0. The van der Waals surface area contributed by atoms with Crippen LogP contribution < -0.4 is 9.64 Å². The number of carbonyl (C=O) groups is 2. The van der Waals surface area contributed by atoms with Crippen LogP contribution >= 0.6 is 15.9 Å². The molecule has 3 aromatic carbocycles. The minimum Gasteiger partial charge on any atom is -0.507 e. The highest BCUT2D eigenvalue weighted by molar-refractivity contribution is 9.10. The van der Waals surface area contributed by atoms with Crippen molar-refractivity contribution in [3.05, 3.63) is 99.7 Å². The minimum absolute atomic E-state index is 0.0355. The van der Waals surface area contributed by atoms with Crippen molar-refractivity contribution in [2.75, 3.05) is 12.0 Å². The summed E-state index contributed by atoms with van der Waals surface area (Å²) in [5, 5.41) is 12.2.